The van der Waals surface area contributed by atoms with Crippen molar-refractivity contribution in [1.29, 1.82) is 0 Å². The number of hydrogen-bond donors (Lipinski definition) is 1. The predicted octanol–water partition coefficient (Wildman–Crippen LogP) is 3.44. The van der Waals surface area contributed by atoms with E-state index in [4.69, 9.17) is 10.5 Å². The summed E-state index contributed by atoms with van der Waals surface area (Å²) in [6.07, 6.45) is 7.99. The second kappa shape index (κ2) is 6.93. The molecule has 1 aromatic rings. The molecule has 0 radical (unpaired) electrons. The molecule has 1 saturated heterocycles. The minimum absolute atomic E-state index is 0.227. The maximum atomic E-state index is 5.93. The van der Waals surface area contributed by atoms with E-state index in [0.29, 0.717) is 5.95 Å². The Bertz CT molecular complexity index is 657. The van der Waals surface area contributed by atoms with Crippen LogP contribution in [0.25, 0.3) is 6.08 Å². The summed E-state index contributed by atoms with van der Waals surface area (Å²) in [7, 11) is 0. The Morgan fingerprint density at radius 3 is 2.67 bits per heavy atom. The monoisotopic (exact) mass is 328 g/mol. The van der Waals surface area contributed by atoms with Crippen LogP contribution in [0.3, 0.4) is 0 Å². The van der Waals surface area contributed by atoms with E-state index in [1.165, 1.54) is 30.4 Å². The highest BCUT2D eigenvalue weighted by atomic mass is 16.5. The number of nitrogens with zero attached hydrogens (tertiary/aromatic N) is 3. The Morgan fingerprint density at radius 2 is 1.96 bits per heavy atom. The maximum Gasteiger partial charge on any atom is 0.222 e. The summed E-state index contributed by atoms with van der Waals surface area (Å²) >= 11 is 0. The van der Waals surface area contributed by atoms with E-state index in [1.54, 1.807) is 0 Å². The number of rotatable bonds is 3. The minimum Gasteiger partial charge on any atom is -0.378 e. The van der Waals surface area contributed by atoms with E-state index >= 15 is 0 Å². The highest BCUT2D eigenvalue weighted by Gasteiger charge is 2.26. The second-order valence-corrected chi connectivity index (χ2v) is 7.37. The molecule has 3 rings (SSSR count). The van der Waals surface area contributed by atoms with Crippen molar-refractivity contribution in [3.63, 3.8) is 0 Å². The SMILES string of the molecule is CC1=C(/C=C/c2cc(N3CCOCC3)nc(N)n2)C(C)(C)CCC1. The fraction of sp³-hybridized carbons (Fsp3) is 0.579. The van der Waals surface area contributed by atoms with Gasteiger partial charge < -0.3 is 15.4 Å². The molecular formula is C19H28N4O. The van der Waals surface area contributed by atoms with E-state index in [1.807, 2.05) is 6.07 Å². The van der Waals surface area contributed by atoms with E-state index in [2.05, 4.69) is 47.8 Å². The van der Waals surface area contributed by atoms with Crippen LogP contribution in [-0.4, -0.2) is 36.3 Å². The molecule has 0 unspecified atom stereocenters. The lowest BCUT2D eigenvalue weighted by atomic mass is 9.72. The van der Waals surface area contributed by atoms with Gasteiger partial charge in [0.15, 0.2) is 0 Å². The smallest absolute Gasteiger partial charge is 0.222 e. The Hall–Kier alpha value is -1.88. The Morgan fingerprint density at radius 1 is 1.21 bits per heavy atom. The number of anilines is 2. The van der Waals surface area contributed by atoms with Crippen molar-refractivity contribution >= 4 is 17.8 Å². The Kier molecular flexibility index (Phi) is 4.90. The first-order valence-corrected chi connectivity index (χ1v) is 8.81. The third-order valence-corrected chi connectivity index (χ3v) is 5.05. The van der Waals surface area contributed by atoms with E-state index in [9.17, 15) is 0 Å². The molecule has 0 spiro atoms. The Labute approximate surface area is 144 Å². The van der Waals surface area contributed by atoms with Gasteiger partial charge in [-0.2, -0.15) is 4.98 Å². The number of allylic oxidation sites excluding steroid dienone is 3. The highest BCUT2D eigenvalue weighted by molar-refractivity contribution is 5.57. The molecule has 1 aliphatic carbocycles. The molecule has 1 aliphatic heterocycles. The van der Waals surface area contributed by atoms with Gasteiger partial charge in [-0.25, -0.2) is 4.98 Å². The van der Waals surface area contributed by atoms with Gasteiger partial charge in [-0.15, -0.1) is 0 Å². The van der Waals surface area contributed by atoms with Crippen molar-refractivity contribution in [2.75, 3.05) is 36.9 Å². The minimum atomic E-state index is 0.227. The molecule has 24 heavy (non-hydrogen) atoms. The highest BCUT2D eigenvalue weighted by Crippen LogP contribution is 2.40. The number of hydrogen-bond acceptors (Lipinski definition) is 5. The largest absolute Gasteiger partial charge is 0.378 e. The molecule has 0 saturated carbocycles. The molecule has 1 aromatic heterocycles. The molecule has 2 aliphatic rings. The molecule has 0 bridgehead atoms. The predicted molar refractivity (Wildman–Crippen MR) is 98.8 cm³/mol. The lowest BCUT2D eigenvalue weighted by molar-refractivity contribution is 0.122. The second-order valence-electron chi connectivity index (χ2n) is 7.37. The van der Waals surface area contributed by atoms with Gasteiger partial charge in [0.25, 0.3) is 0 Å². The van der Waals surface area contributed by atoms with Gasteiger partial charge in [0, 0.05) is 19.2 Å². The number of nitrogen functional groups attached to an aromatic ring is 1. The number of aromatic nitrogens is 2. The zero-order chi connectivity index (χ0) is 17.2. The lowest BCUT2D eigenvalue weighted by Crippen LogP contribution is -2.37. The standard InChI is InChI=1S/C19H28N4O/c1-14-5-4-8-19(2,3)16(14)7-6-15-13-17(22-18(20)21-15)23-9-11-24-12-10-23/h6-7,13H,4-5,8-12H2,1-3H3,(H2,20,21,22)/b7-6+. The summed E-state index contributed by atoms with van der Waals surface area (Å²) in [4.78, 5) is 11.0. The van der Waals surface area contributed by atoms with Gasteiger partial charge in [0.1, 0.15) is 5.82 Å². The van der Waals surface area contributed by atoms with Crippen LogP contribution >= 0.6 is 0 Å². The zero-order valence-electron chi connectivity index (χ0n) is 15.0. The van der Waals surface area contributed by atoms with Gasteiger partial charge in [-0.1, -0.05) is 25.5 Å². The van der Waals surface area contributed by atoms with Gasteiger partial charge in [0.2, 0.25) is 5.95 Å². The molecule has 0 aromatic carbocycles. The van der Waals surface area contributed by atoms with Gasteiger partial charge in [-0.3, -0.25) is 0 Å². The summed E-state index contributed by atoms with van der Waals surface area (Å²) in [5.41, 5.74) is 9.94. The number of morpholine rings is 1. The van der Waals surface area contributed by atoms with Crippen molar-refractivity contribution < 1.29 is 4.74 Å². The van der Waals surface area contributed by atoms with Gasteiger partial charge in [-0.05, 0) is 43.3 Å². The van der Waals surface area contributed by atoms with Crippen LogP contribution in [0.5, 0.6) is 0 Å². The van der Waals surface area contributed by atoms with Crippen molar-refractivity contribution in [3.8, 4) is 0 Å². The topological polar surface area (TPSA) is 64.3 Å². The molecule has 130 valence electrons. The summed E-state index contributed by atoms with van der Waals surface area (Å²) in [5.74, 6) is 1.21. The van der Waals surface area contributed by atoms with E-state index in [0.717, 1.165) is 37.8 Å². The van der Waals surface area contributed by atoms with Crippen LogP contribution in [0, 0.1) is 5.41 Å². The quantitative estimate of drug-likeness (QED) is 0.921. The lowest BCUT2D eigenvalue weighted by Gasteiger charge is -2.32. The third-order valence-electron chi connectivity index (χ3n) is 5.05. The van der Waals surface area contributed by atoms with E-state index < -0.39 is 0 Å². The Balaban J connectivity index is 1.85. The molecule has 1 fully saturated rings. The fourth-order valence-corrected chi connectivity index (χ4v) is 3.69. The average molecular weight is 328 g/mol. The molecule has 0 amide bonds. The van der Waals surface area contributed by atoms with Crippen LogP contribution in [0.15, 0.2) is 23.3 Å². The first kappa shape index (κ1) is 17.0. The van der Waals surface area contributed by atoms with Gasteiger partial charge in [0.05, 0.1) is 18.9 Å². The van der Waals surface area contributed by atoms with Crippen LogP contribution < -0.4 is 10.6 Å². The summed E-state index contributed by atoms with van der Waals surface area (Å²) in [6.45, 7) is 10.0. The maximum absolute atomic E-state index is 5.93. The molecule has 2 N–H and O–H groups in total. The molecule has 0 atom stereocenters. The average Bonchev–Trinajstić information content (AvgIpc) is 2.54. The first-order valence-electron chi connectivity index (χ1n) is 8.81. The summed E-state index contributed by atoms with van der Waals surface area (Å²) < 4.78 is 5.41. The van der Waals surface area contributed by atoms with Crippen molar-refractivity contribution in [2.45, 2.75) is 40.0 Å². The van der Waals surface area contributed by atoms with Crippen LogP contribution in [-0.2, 0) is 4.74 Å². The third kappa shape index (κ3) is 3.78. The molecule has 5 heteroatoms. The zero-order valence-corrected chi connectivity index (χ0v) is 15.0. The van der Waals surface area contributed by atoms with Crippen LogP contribution in [0.2, 0.25) is 0 Å². The van der Waals surface area contributed by atoms with E-state index in [-0.39, 0.29) is 5.41 Å². The van der Waals surface area contributed by atoms with Crippen molar-refractivity contribution in [1.82, 2.24) is 9.97 Å². The summed E-state index contributed by atoms with van der Waals surface area (Å²) in [6, 6.07) is 2.02. The first-order chi connectivity index (χ1) is 11.5. The van der Waals surface area contributed by atoms with Crippen LogP contribution in [0.4, 0.5) is 11.8 Å². The number of nitrogens with two attached hydrogens (primary N) is 1. The summed E-state index contributed by atoms with van der Waals surface area (Å²) in [5, 5.41) is 0. The van der Waals surface area contributed by atoms with Crippen molar-refractivity contribution in [2.24, 2.45) is 5.41 Å². The van der Waals surface area contributed by atoms with Crippen molar-refractivity contribution in [3.05, 3.63) is 29.0 Å². The molecule has 5 nitrogen and oxygen atoms in total. The van der Waals surface area contributed by atoms with Crippen LogP contribution in [0.1, 0.15) is 45.7 Å². The molecular weight excluding hydrogens is 300 g/mol. The normalized spacial score (nSPS) is 21.5. The molecule has 2 heterocycles. The number of ether oxygens (including phenoxy) is 1. The fourth-order valence-electron chi connectivity index (χ4n) is 3.69. The van der Waals surface area contributed by atoms with Gasteiger partial charge >= 0.3 is 0 Å².